The second kappa shape index (κ2) is 11.1. The van der Waals surface area contributed by atoms with Gasteiger partial charge in [-0.3, -0.25) is 19.8 Å². The third kappa shape index (κ3) is 6.23. The van der Waals surface area contributed by atoms with Gasteiger partial charge in [0.2, 0.25) is 5.75 Å². The van der Waals surface area contributed by atoms with E-state index in [0.29, 0.717) is 5.56 Å². The van der Waals surface area contributed by atoms with Crippen LogP contribution in [0, 0.1) is 15.9 Å². The monoisotopic (exact) mass is 554 g/mol. The molecule has 9 nitrogen and oxygen atoms in total. The molecule has 1 aliphatic heterocycles. The molecule has 0 bridgehead atoms. The molecular formula is C28H28ClFN4O5. The molecule has 11 heteroatoms. The number of hydrogen-bond acceptors (Lipinski definition) is 7. The van der Waals surface area contributed by atoms with Crippen LogP contribution in [-0.2, 0) is 0 Å². The fourth-order valence-corrected chi connectivity index (χ4v) is 4.93. The first-order valence-corrected chi connectivity index (χ1v) is 13.0. The van der Waals surface area contributed by atoms with E-state index >= 15 is 0 Å². The van der Waals surface area contributed by atoms with Gasteiger partial charge in [-0.25, -0.2) is 4.39 Å². The van der Waals surface area contributed by atoms with Crippen molar-refractivity contribution in [2.75, 3.05) is 44.7 Å². The zero-order valence-corrected chi connectivity index (χ0v) is 22.1. The number of nitro groups is 1. The predicted octanol–water partition coefficient (Wildman–Crippen LogP) is 5.27. The Balaban J connectivity index is 1.20. The standard InChI is InChI=1S/C28H28ClFN4O5/c1-38-26-16-19(2-8-25(26)39-24-9-3-20(29)17-23(24)34(36)37)27(35)31-28(10-11-28)18-32-12-14-33(15-13-32)22-6-4-21(30)5-7-22/h2-9,16-17H,10-15,18H2,1H3,(H,31,35). The van der Waals surface area contributed by atoms with Crippen LogP contribution in [0.3, 0.4) is 0 Å². The van der Waals surface area contributed by atoms with Crippen molar-refractivity contribution in [1.29, 1.82) is 0 Å². The number of piperazine rings is 1. The van der Waals surface area contributed by atoms with Gasteiger partial charge < -0.3 is 19.7 Å². The normalized spacial score (nSPS) is 16.4. The molecule has 1 aliphatic carbocycles. The van der Waals surface area contributed by atoms with E-state index in [-0.39, 0.29) is 45.2 Å². The van der Waals surface area contributed by atoms with Gasteiger partial charge in [0.15, 0.2) is 11.5 Å². The molecule has 1 saturated carbocycles. The maximum Gasteiger partial charge on any atom is 0.313 e. The Kier molecular flexibility index (Phi) is 7.58. The lowest BCUT2D eigenvalue weighted by Gasteiger charge is -2.38. The summed E-state index contributed by atoms with van der Waals surface area (Å²) < 4.78 is 24.4. The Hall–Kier alpha value is -3.89. The molecule has 2 fully saturated rings. The third-order valence-corrected chi connectivity index (χ3v) is 7.32. The van der Waals surface area contributed by atoms with E-state index in [0.717, 1.165) is 51.3 Å². The van der Waals surface area contributed by atoms with Crippen molar-refractivity contribution < 1.29 is 23.6 Å². The lowest BCUT2D eigenvalue weighted by Crippen LogP contribution is -2.52. The predicted molar refractivity (Wildman–Crippen MR) is 146 cm³/mol. The van der Waals surface area contributed by atoms with E-state index in [1.54, 1.807) is 30.3 Å². The Morgan fingerprint density at radius 1 is 1.03 bits per heavy atom. The Labute approximate surface area is 230 Å². The molecule has 3 aromatic rings. The largest absolute Gasteiger partial charge is 0.493 e. The van der Waals surface area contributed by atoms with Crippen LogP contribution in [0.15, 0.2) is 60.7 Å². The number of nitrogens with one attached hydrogen (secondary N) is 1. The quantitative estimate of drug-likeness (QED) is 0.284. The van der Waals surface area contributed by atoms with Gasteiger partial charge in [0.1, 0.15) is 5.82 Å². The van der Waals surface area contributed by atoms with Crippen molar-refractivity contribution in [1.82, 2.24) is 10.2 Å². The molecule has 3 aromatic carbocycles. The van der Waals surface area contributed by atoms with Crippen LogP contribution in [0.4, 0.5) is 15.8 Å². The van der Waals surface area contributed by atoms with E-state index < -0.39 is 4.92 Å². The van der Waals surface area contributed by atoms with Gasteiger partial charge in [0, 0.05) is 55.1 Å². The molecule has 0 spiro atoms. The first-order chi connectivity index (χ1) is 18.7. The number of rotatable bonds is 9. The molecule has 2 aliphatic rings. The molecule has 5 rings (SSSR count). The Bertz CT molecular complexity index is 1370. The molecule has 0 aromatic heterocycles. The van der Waals surface area contributed by atoms with Crippen LogP contribution in [0.5, 0.6) is 17.2 Å². The first-order valence-electron chi connectivity index (χ1n) is 12.6. The number of anilines is 1. The van der Waals surface area contributed by atoms with Crippen molar-refractivity contribution in [2.45, 2.75) is 18.4 Å². The average Bonchev–Trinajstić information content (AvgIpc) is 3.69. The average molecular weight is 555 g/mol. The van der Waals surface area contributed by atoms with Gasteiger partial charge in [-0.15, -0.1) is 0 Å². The van der Waals surface area contributed by atoms with E-state index in [2.05, 4.69) is 15.1 Å². The molecule has 204 valence electrons. The van der Waals surface area contributed by atoms with Crippen molar-refractivity contribution in [2.24, 2.45) is 0 Å². The van der Waals surface area contributed by atoms with Gasteiger partial charge >= 0.3 is 5.69 Å². The van der Waals surface area contributed by atoms with Crippen LogP contribution < -0.4 is 19.7 Å². The number of nitrogens with zero attached hydrogens (tertiary/aromatic N) is 3. The second-order valence-corrected chi connectivity index (χ2v) is 10.2. The topological polar surface area (TPSA) is 97.2 Å². The fraction of sp³-hybridized carbons (Fsp3) is 0.321. The van der Waals surface area contributed by atoms with E-state index in [1.807, 2.05) is 0 Å². The lowest BCUT2D eigenvalue weighted by molar-refractivity contribution is -0.385. The zero-order valence-electron chi connectivity index (χ0n) is 21.4. The molecule has 1 saturated heterocycles. The molecule has 0 radical (unpaired) electrons. The number of halogens is 2. The highest BCUT2D eigenvalue weighted by Crippen LogP contribution is 2.39. The molecule has 0 unspecified atom stereocenters. The number of methoxy groups -OCH3 is 1. The molecule has 1 amide bonds. The summed E-state index contributed by atoms with van der Waals surface area (Å²) in [7, 11) is 1.44. The van der Waals surface area contributed by atoms with Crippen molar-refractivity contribution >= 4 is 28.9 Å². The van der Waals surface area contributed by atoms with Crippen LogP contribution >= 0.6 is 11.6 Å². The smallest absolute Gasteiger partial charge is 0.313 e. The molecule has 1 heterocycles. The Morgan fingerprint density at radius 2 is 1.72 bits per heavy atom. The number of ether oxygens (including phenoxy) is 2. The van der Waals surface area contributed by atoms with Crippen molar-refractivity contribution in [3.05, 3.63) is 87.2 Å². The van der Waals surface area contributed by atoms with Crippen molar-refractivity contribution in [3.8, 4) is 17.2 Å². The van der Waals surface area contributed by atoms with Gasteiger partial charge in [-0.05, 0) is 67.4 Å². The number of hydrogen-bond donors (Lipinski definition) is 1. The van der Waals surface area contributed by atoms with Crippen LogP contribution in [0.25, 0.3) is 0 Å². The van der Waals surface area contributed by atoms with Gasteiger partial charge in [-0.2, -0.15) is 0 Å². The van der Waals surface area contributed by atoms with E-state index in [9.17, 15) is 19.3 Å². The van der Waals surface area contributed by atoms with Gasteiger partial charge in [0.05, 0.1) is 17.6 Å². The maximum absolute atomic E-state index is 13.2. The third-order valence-electron chi connectivity index (χ3n) is 7.09. The minimum absolute atomic E-state index is 0.0105. The Morgan fingerprint density at radius 3 is 2.36 bits per heavy atom. The molecular weight excluding hydrogens is 527 g/mol. The van der Waals surface area contributed by atoms with Crippen molar-refractivity contribution in [3.63, 3.8) is 0 Å². The minimum atomic E-state index is -0.576. The minimum Gasteiger partial charge on any atom is -0.493 e. The van der Waals surface area contributed by atoms with E-state index in [4.69, 9.17) is 21.1 Å². The van der Waals surface area contributed by atoms with Crippen LogP contribution in [-0.4, -0.2) is 61.1 Å². The lowest BCUT2D eigenvalue weighted by atomic mass is 10.1. The van der Waals surface area contributed by atoms with Crippen LogP contribution in [0.2, 0.25) is 5.02 Å². The second-order valence-electron chi connectivity index (χ2n) is 9.81. The molecule has 0 atom stereocenters. The fourth-order valence-electron chi connectivity index (χ4n) is 4.76. The molecule has 39 heavy (non-hydrogen) atoms. The summed E-state index contributed by atoms with van der Waals surface area (Å²) in [5.74, 6) is 0.0542. The first kappa shape index (κ1) is 26.7. The summed E-state index contributed by atoms with van der Waals surface area (Å²) in [6.07, 6.45) is 1.80. The summed E-state index contributed by atoms with van der Waals surface area (Å²) in [6, 6.07) is 15.4. The summed E-state index contributed by atoms with van der Waals surface area (Å²) in [5, 5.41) is 14.8. The maximum atomic E-state index is 13.2. The summed E-state index contributed by atoms with van der Waals surface area (Å²) in [4.78, 5) is 28.6. The zero-order chi connectivity index (χ0) is 27.6. The SMILES string of the molecule is COc1cc(C(=O)NC2(CN3CCN(c4ccc(F)cc4)CC3)CC2)ccc1Oc1ccc(Cl)cc1[N+](=O)[O-]. The van der Waals surface area contributed by atoms with Crippen LogP contribution in [0.1, 0.15) is 23.2 Å². The number of amides is 1. The highest BCUT2D eigenvalue weighted by molar-refractivity contribution is 6.30. The van der Waals surface area contributed by atoms with E-state index in [1.165, 1.54) is 37.4 Å². The van der Waals surface area contributed by atoms with Gasteiger partial charge in [0.25, 0.3) is 5.91 Å². The highest BCUT2D eigenvalue weighted by Gasteiger charge is 2.45. The summed E-state index contributed by atoms with van der Waals surface area (Å²) in [6.45, 7) is 4.13. The number of benzene rings is 3. The molecule has 1 N–H and O–H groups in total. The number of carbonyl (C=O) groups is 1. The highest BCUT2D eigenvalue weighted by atomic mass is 35.5. The number of carbonyl (C=O) groups excluding carboxylic acids is 1. The summed E-state index contributed by atoms with van der Waals surface area (Å²) >= 11 is 5.89. The summed E-state index contributed by atoms with van der Waals surface area (Å²) in [5.41, 5.74) is 0.858. The number of nitro benzene ring substituents is 1. The van der Waals surface area contributed by atoms with Gasteiger partial charge in [-0.1, -0.05) is 11.6 Å².